The summed E-state index contributed by atoms with van der Waals surface area (Å²) in [7, 11) is 2.17. The van der Waals surface area contributed by atoms with Gasteiger partial charge in [0.15, 0.2) is 0 Å². The molecule has 2 aromatic rings. The minimum atomic E-state index is 0. The molecule has 1 nitrogen and oxygen atoms in total. The van der Waals surface area contributed by atoms with Crippen molar-refractivity contribution in [3.05, 3.63) is 33.7 Å². The van der Waals surface area contributed by atoms with E-state index in [1.165, 1.54) is 21.2 Å². The van der Waals surface area contributed by atoms with Crippen LogP contribution in [0, 0.1) is 0 Å². The highest BCUT2D eigenvalue weighted by Crippen LogP contribution is 2.35. The van der Waals surface area contributed by atoms with Gasteiger partial charge in [-0.15, -0.1) is 28.3 Å². The highest BCUT2D eigenvalue weighted by Gasteiger charge is 2.17. The zero-order chi connectivity index (χ0) is 10.4. The van der Waals surface area contributed by atoms with E-state index in [1.807, 2.05) is 17.4 Å². The van der Waals surface area contributed by atoms with Crippen molar-refractivity contribution in [2.45, 2.75) is 13.0 Å². The van der Waals surface area contributed by atoms with Crippen LogP contribution >= 0.6 is 39.9 Å². The molecule has 0 spiro atoms. The molecule has 0 unspecified atom stereocenters. The van der Waals surface area contributed by atoms with Gasteiger partial charge in [0.05, 0.1) is 0 Å². The summed E-state index contributed by atoms with van der Waals surface area (Å²) in [6.07, 6.45) is 1.07. The highest BCUT2D eigenvalue weighted by atomic mass is 79.9. The molecule has 1 aromatic heterocycles. The zero-order valence-electron chi connectivity index (χ0n) is 9.00. The second-order valence-corrected chi connectivity index (χ2v) is 5.47. The van der Waals surface area contributed by atoms with Crippen molar-refractivity contribution in [3.63, 3.8) is 0 Å². The maximum Gasteiger partial charge on any atom is 0.0445 e. The highest BCUT2D eigenvalue weighted by molar-refractivity contribution is 8.93. The predicted molar refractivity (Wildman–Crippen MR) is 77.2 cm³/mol. The first-order valence-corrected chi connectivity index (χ1v) is 6.37. The van der Waals surface area contributed by atoms with Crippen molar-refractivity contribution in [2.24, 2.45) is 0 Å². The van der Waals surface area contributed by atoms with E-state index in [0.717, 1.165) is 24.5 Å². The monoisotopic (exact) mass is 317 g/mol. The Hall–Kier alpha value is -0.0900. The number of hydrogen-bond acceptors (Lipinski definition) is 2. The van der Waals surface area contributed by atoms with Gasteiger partial charge in [0.1, 0.15) is 0 Å². The number of nitrogens with zero attached hydrogens (tertiary/aromatic N) is 1. The van der Waals surface area contributed by atoms with Gasteiger partial charge in [-0.1, -0.05) is 11.6 Å². The number of likely N-dealkylation sites (N-methyl/N-ethyl adjacent to an activating group) is 1. The lowest BCUT2D eigenvalue weighted by molar-refractivity contribution is 0.337. The fourth-order valence-electron chi connectivity index (χ4n) is 2.28. The molecular formula is C12H13BrClNS. The van der Waals surface area contributed by atoms with Gasteiger partial charge >= 0.3 is 0 Å². The van der Waals surface area contributed by atoms with Crippen LogP contribution < -0.4 is 0 Å². The van der Waals surface area contributed by atoms with E-state index in [4.69, 9.17) is 11.6 Å². The van der Waals surface area contributed by atoms with Gasteiger partial charge in [0.2, 0.25) is 0 Å². The number of benzene rings is 1. The van der Waals surface area contributed by atoms with Crippen LogP contribution in [0.1, 0.15) is 11.1 Å². The Morgan fingerprint density at radius 1 is 1.38 bits per heavy atom. The minimum absolute atomic E-state index is 0. The molecule has 0 atom stereocenters. The van der Waals surface area contributed by atoms with Crippen molar-refractivity contribution < 1.29 is 0 Å². The number of halogens is 2. The summed E-state index contributed by atoms with van der Waals surface area (Å²) in [4.78, 5) is 2.36. The third-order valence-electron chi connectivity index (χ3n) is 3.05. The summed E-state index contributed by atoms with van der Waals surface area (Å²) >= 11 is 8.10. The van der Waals surface area contributed by atoms with E-state index in [9.17, 15) is 0 Å². The predicted octanol–water partition coefficient (Wildman–Crippen LogP) is 4.12. The van der Waals surface area contributed by atoms with E-state index in [1.54, 1.807) is 0 Å². The Balaban J connectivity index is 0.000000963. The Morgan fingerprint density at radius 2 is 2.19 bits per heavy atom. The van der Waals surface area contributed by atoms with Gasteiger partial charge in [0, 0.05) is 28.2 Å². The normalized spacial score (nSPS) is 15.9. The molecule has 0 N–H and O–H groups in total. The van der Waals surface area contributed by atoms with Crippen LogP contribution in [0.5, 0.6) is 0 Å². The lowest BCUT2D eigenvalue weighted by atomic mass is 10.1. The molecule has 0 amide bonds. The second kappa shape index (κ2) is 4.65. The SMILES string of the molecule is Br.CN1CCc2c(Cl)ccc3scc(c23)C1. The van der Waals surface area contributed by atoms with E-state index in [-0.39, 0.29) is 17.0 Å². The molecule has 1 aliphatic rings. The van der Waals surface area contributed by atoms with Crippen LogP contribution in [-0.2, 0) is 13.0 Å². The third kappa shape index (κ3) is 1.90. The largest absolute Gasteiger partial charge is 0.302 e. The lowest BCUT2D eigenvalue weighted by Gasteiger charge is -2.12. The third-order valence-corrected chi connectivity index (χ3v) is 4.40. The van der Waals surface area contributed by atoms with Crippen LogP contribution in [0.15, 0.2) is 17.5 Å². The summed E-state index contributed by atoms with van der Waals surface area (Å²) in [5.74, 6) is 0. The first-order chi connectivity index (χ1) is 7.25. The van der Waals surface area contributed by atoms with Crippen molar-refractivity contribution in [1.82, 2.24) is 4.90 Å². The summed E-state index contributed by atoms with van der Waals surface area (Å²) in [6, 6.07) is 4.17. The molecule has 0 fully saturated rings. The smallest absolute Gasteiger partial charge is 0.0445 e. The first kappa shape index (κ1) is 12.4. The molecule has 0 saturated carbocycles. The van der Waals surface area contributed by atoms with E-state index < -0.39 is 0 Å². The maximum absolute atomic E-state index is 6.27. The fourth-order valence-corrected chi connectivity index (χ4v) is 3.51. The van der Waals surface area contributed by atoms with Crippen molar-refractivity contribution in [3.8, 4) is 0 Å². The zero-order valence-corrected chi connectivity index (χ0v) is 12.3. The molecule has 0 saturated heterocycles. The molecule has 3 rings (SSSR count). The number of rotatable bonds is 0. The van der Waals surface area contributed by atoms with Crippen LogP contribution in [0.3, 0.4) is 0 Å². The summed E-state index contributed by atoms with van der Waals surface area (Å²) in [5.41, 5.74) is 2.78. The number of thiophene rings is 1. The van der Waals surface area contributed by atoms with Gasteiger partial charge < -0.3 is 4.90 Å². The summed E-state index contributed by atoms with van der Waals surface area (Å²) in [6.45, 7) is 2.14. The summed E-state index contributed by atoms with van der Waals surface area (Å²) < 4.78 is 1.37. The summed E-state index contributed by atoms with van der Waals surface area (Å²) in [5, 5.41) is 4.61. The van der Waals surface area contributed by atoms with Crippen molar-refractivity contribution in [1.29, 1.82) is 0 Å². The molecule has 86 valence electrons. The van der Waals surface area contributed by atoms with Gasteiger partial charge in [-0.3, -0.25) is 0 Å². The van der Waals surface area contributed by atoms with Crippen molar-refractivity contribution >= 4 is 50.0 Å². The Labute approximate surface area is 115 Å². The van der Waals surface area contributed by atoms with Gasteiger partial charge in [-0.2, -0.15) is 0 Å². The van der Waals surface area contributed by atoms with E-state index >= 15 is 0 Å². The molecule has 1 aromatic carbocycles. The quantitative estimate of drug-likeness (QED) is 0.706. The minimum Gasteiger partial charge on any atom is -0.302 e. The average Bonchev–Trinajstić information content (AvgIpc) is 2.52. The van der Waals surface area contributed by atoms with E-state index in [0.29, 0.717) is 0 Å². The molecular weight excluding hydrogens is 306 g/mol. The molecule has 1 aliphatic heterocycles. The number of hydrogen-bond donors (Lipinski definition) is 0. The topological polar surface area (TPSA) is 3.24 Å². The standard InChI is InChI=1S/C12H12ClNS.BrH/c1-14-5-4-9-10(13)2-3-11-12(9)8(6-14)7-15-11;/h2-3,7H,4-6H2,1H3;1H. The van der Waals surface area contributed by atoms with Crippen molar-refractivity contribution in [2.75, 3.05) is 13.6 Å². The van der Waals surface area contributed by atoms with Crippen LogP contribution in [0.25, 0.3) is 10.1 Å². The lowest BCUT2D eigenvalue weighted by Crippen LogP contribution is -2.18. The molecule has 2 heterocycles. The molecule has 16 heavy (non-hydrogen) atoms. The van der Waals surface area contributed by atoms with Gasteiger partial charge in [0.25, 0.3) is 0 Å². The maximum atomic E-state index is 6.27. The van der Waals surface area contributed by atoms with Gasteiger partial charge in [-0.25, -0.2) is 0 Å². The molecule has 0 bridgehead atoms. The Kier molecular flexibility index (Phi) is 3.59. The van der Waals surface area contributed by atoms with Gasteiger partial charge in [-0.05, 0) is 42.1 Å². The Morgan fingerprint density at radius 3 is 3.00 bits per heavy atom. The molecule has 0 aliphatic carbocycles. The Bertz CT molecular complexity index is 523. The fraction of sp³-hybridized carbons (Fsp3) is 0.333. The van der Waals surface area contributed by atoms with Crippen LogP contribution in [0.4, 0.5) is 0 Å². The van der Waals surface area contributed by atoms with E-state index in [2.05, 4.69) is 23.4 Å². The van der Waals surface area contributed by atoms with Crippen LogP contribution in [0.2, 0.25) is 5.02 Å². The second-order valence-electron chi connectivity index (χ2n) is 4.15. The van der Waals surface area contributed by atoms with Crippen LogP contribution in [-0.4, -0.2) is 18.5 Å². The molecule has 0 radical (unpaired) electrons. The first-order valence-electron chi connectivity index (χ1n) is 5.11. The molecule has 4 heteroatoms. The average molecular weight is 319 g/mol.